The van der Waals surface area contributed by atoms with Crippen molar-refractivity contribution in [1.82, 2.24) is 19.2 Å². The largest absolute Gasteiger partial charge is 0.379 e. The number of ether oxygens (including phenoxy) is 1. The Morgan fingerprint density at radius 1 is 1.12 bits per heavy atom. The quantitative estimate of drug-likeness (QED) is 0.512. The van der Waals surface area contributed by atoms with E-state index in [1.54, 1.807) is 18.5 Å². The fourth-order valence-corrected chi connectivity index (χ4v) is 3.77. The van der Waals surface area contributed by atoms with Gasteiger partial charge in [0, 0.05) is 37.6 Å². The van der Waals surface area contributed by atoms with E-state index in [2.05, 4.69) is 16.1 Å². The van der Waals surface area contributed by atoms with Crippen molar-refractivity contribution in [3.8, 4) is 0 Å². The smallest absolute Gasteiger partial charge is 0.250 e. The molecule has 3 heterocycles. The minimum atomic E-state index is -0.196. The van der Waals surface area contributed by atoms with E-state index in [1.165, 1.54) is 10.6 Å². The number of hydrogen-bond donors (Lipinski definition) is 0. The van der Waals surface area contributed by atoms with E-state index in [4.69, 9.17) is 4.74 Å². The number of carbonyl (C=O) groups is 1. The molecule has 2 aromatic heterocycles. The summed E-state index contributed by atoms with van der Waals surface area (Å²) >= 11 is 0. The predicted molar refractivity (Wildman–Crippen MR) is 124 cm³/mol. The van der Waals surface area contributed by atoms with E-state index in [-0.39, 0.29) is 17.9 Å². The lowest BCUT2D eigenvalue weighted by Gasteiger charge is -2.25. The summed E-state index contributed by atoms with van der Waals surface area (Å²) in [5, 5.41) is 4.38. The SMILES string of the molecule is Cc1c(C(=O)Cn2cc(C=CCN3CCOCC3)ccc2=O)cnn1Cc1ccccc1. The third kappa shape index (κ3) is 5.49. The van der Waals surface area contributed by atoms with Crippen LogP contribution in [0.4, 0.5) is 0 Å². The van der Waals surface area contributed by atoms with Crippen LogP contribution in [0.5, 0.6) is 0 Å². The molecule has 1 aliphatic heterocycles. The topological polar surface area (TPSA) is 69.4 Å². The number of Topliss-reactive ketones (excluding diaryl/α,β-unsaturated/α-hetero) is 1. The number of pyridine rings is 1. The Bertz CT molecular complexity index is 1140. The summed E-state index contributed by atoms with van der Waals surface area (Å²) in [4.78, 5) is 27.6. The molecule has 0 N–H and O–H groups in total. The monoisotopic (exact) mass is 432 g/mol. The molecule has 1 saturated heterocycles. The van der Waals surface area contributed by atoms with E-state index in [0.29, 0.717) is 12.1 Å². The predicted octanol–water partition coefficient (Wildman–Crippen LogP) is 2.63. The van der Waals surface area contributed by atoms with Crippen LogP contribution < -0.4 is 5.56 Å². The van der Waals surface area contributed by atoms with Gasteiger partial charge >= 0.3 is 0 Å². The highest BCUT2D eigenvalue weighted by Gasteiger charge is 2.15. The molecule has 1 fully saturated rings. The Morgan fingerprint density at radius 3 is 2.69 bits per heavy atom. The Balaban J connectivity index is 1.43. The highest BCUT2D eigenvalue weighted by Crippen LogP contribution is 2.12. The number of benzene rings is 1. The second kappa shape index (κ2) is 10.3. The Kier molecular flexibility index (Phi) is 7.09. The third-order valence-electron chi connectivity index (χ3n) is 5.68. The van der Waals surface area contributed by atoms with E-state index in [1.807, 2.05) is 48.0 Å². The van der Waals surface area contributed by atoms with Gasteiger partial charge in [0.1, 0.15) is 0 Å². The first-order chi connectivity index (χ1) is 15.6. The number of morpholine rings is 1. The van der Waals surface area contributed by atoms with Crippen LogP contribution in [0, 0.1) is 6.92 Å². The molecule has 0 bridgehead atoms. The van der Waals surface area contributed by atoms with Gasteiger partial charge in [0.2, 0.25) is 0 Å². The van der Waals surface area contributed by atoms with Crippen LogP contribution in [0.25, 0.3) is 6.08 Å². The van der Waals surface area contributed by atoms with Gasteiger partial charge in [0.25, 0.3) is 5.56 Å². The summed E-state index contributed by atoms with van der Waals surface area (Å²) < 4.78 is 8.64. The zero-order chi connectivity index (χ0) is 22.3. The van der Waals surface area contributed by atoms with Crippen molar-refractivity contribution < 1.29 is 9.53 Å². The minimum Gasteiger partial charge on any atom is -0.379 e. The first-order valence-corrected chi connectivity index (χ1v) is 10.9. The number of carbonyl (C=O) groups excluding carboxylic acids is 1. The van der Waals surface area contributed by atoms with Crippen LogP contribution in [0.1, 0.15) is 27.2 Å². The summed E-state index contributed by atoms with van der Waals surface area (Å²) in [5.41, 5.74) is 3.15. The maximum Gasteiger partial charge on any atom is 0.250 e. The molecule has 0 radical (unpaired) electrons. The first-order valence-electron chi connectivity index (χ1n) is 10.9. The fraction of sp³-hybridized carbons (Fsp3) is 0.320. The van der Waals surface area contributed by atoms with Gasteiger partial charge in [-0.2, -0.15) is 5.10 Å². The highest BCUT2D eigenvalue weighted by molar-refractivity contribution is 5.96. The molecule has 7 nitrogen and oxygen atoms in total. The van der Waals surface area contributed by atoms with Gasteiger partial charge in [-0.3, -0.25) is 19.2 Å². The number of rotatable bonds is 8. The van der Waals surface area contributed by atoms with Gasteiger partial charge in [-0.05, 0) is 24.1 Å². The van der Waals surface area contributed by atoms with Crippen molar-refractivity contribution in [2.45, 2.75) is 20.0 Å². The molecular formula is C25H28N4O3. The first kappa shape index (κ1) is 21.9. The van der Waals surface area contributed by atoms with Crippen molar-refractivity contribution in [1.29, 1.82) is 0 Å². The van der Waals surface area contributed by atoms with Crippen molar-refractivity contribution >= 4 is 11.9 Å². The van der Waals surface area contributed by atoms with Crippen molar-refractivity contribution in [2.24, 2.45) is 0 Å². The number of ketones is 1. The lowest BCUT2D eigenvalue weighted by molar-refractivity contribution is 0.0435. The van der Waals surface area contributed by atoms with Gasteiger partial charge in [-0.1, -0.05) is 42.5 Å². The molecule has 0 aliphatic carbocycles. The Labute approximate surface area is 187 Å². The minimum absolute atomic E-state index is 0.0121. The van der Waals surface area contributed by atoms with E-state index in [9.17, 15) is 9.59 Å². The molecule has 166 valence electrons. The zero-order valence-corrected chi connectivity index (χ0v) is 18.3. The van der Waals surface area contributed by atoms with Gasteiger partial charge in [-0.25, -0.2) is 0 Å². The molecule has 0 unspecified atom stereocenters. The molecule has 7 heteroatoms. The van der Waals surface area contributed by atoms with Crippen LogP contribution in [-0.4, -0.2) is 57.9 Å². The molecule has 1 aromatic carbocycles. The number of aromatic nitrogens is 3. The molecule has 4 rings (SSSR count). The maximum atomic E-state index is 12.9. The molecule has 0 amide bonds. The average Bonchev–Trinajstić information content (AvgIpc) is 3.17. The maximum absolute atomic E-state index is 12.9. The standard InChI is InChI=1S/C25H28N4O3/c1-20-23(16-26-29(20)18-21-6-3-2-4-7-21)24(30)19-28-17-22(9-10-25(28)31)8-5-11-27-12-14-32-15-13-27/h2-10,16-17H,11-15,18-19H2,1H3. The second-order valence-electron chi connectivity index (χ2n) is 7.95. The Morgan fingerprint density at radius 2 is 1.91 bits per heavy atom. The van der Waals surface area contributed by atoms with Gasteiger partial charge in [0.15, 0.2) is 5.78 Å². The molecule has 3 aromatic rings. The third-order valence-corrected chi connectivity index (χ3v) is 5.68. The summed E-state index contributed by atoms with van der Waals surface area (Å²) in [6, 6.07) is 13.3. The molecular weight excluding hydrogens is 404 g/mol. The summed E-state index contributed by atoms with van der Waals surface area (Å²) in [6.07, 6.45) is 7.39. The van der Waals surface area contributed by atoms with Crippen LogP contribution in [-0.2, 0) is 17.8 Å². The van der Waals surface area contributed by atoms with Gasteiger partial charge in [0.05, 0.1) is 38.1 Å². The number of nitrogens with zero attached hydrogens (tertiary/aromatic N) is 4. The van der Waals surface area contributed by atoms with Gasteiger partial charge in [-0.15, -0.1) is 0 Å². The van der Waals surface area contributed by atoms with Gasteiger partial charge < -0.3 is 9.30 Å². The van der Waals surface area contributed by atoms with Crippen molar-refractivity contribution in [3.05, 3.63) is 93.7 Å². The normalized spacial score (nSPS) is 14.8. The molecule has 32 heavy (non-hydrogen) atoms. The fourth-order valence-electron chi connectivity index (χ4n) is 3.77. The van der Waals surface area contributed by atoms with Crippen molar-refractivity contribution in [3.63, 3.8) is 0 Å². The summed E-state index contributed by atoms with van der Waals surface area (Å²) in [7, 11) is 0. The Hall–Kier alpha value is -3.29. The average molecular weight is 433 g/mol. The van der Waals surface area contributed by atoms with Crippen LogP contribution in [0.2, 0.25) is 0 Å². The van der Waals surface area contributed by atoms with E-state index >= 15 is 0 Å². The lowest BCUT2D eigenvalue weighted by Crippen LogP contribution is -2.36. The van der Waals surface area contributed by atoms with E-state index in [0.717, 1.165) is 49.7 Å². The molecule has 0 atom stereocenters. The van der Waals surface area contributed by atoms with E-state index < -0.39 is 0 Å². The zero-order valence-electron chi connectivity index (χ0n) is 18.3. The molecule has 0 saturated carbocycles. The van der Waals surface area contributed by atoms with Crippen LogP contribution in [0.15, 0.2) is 65.7 Å². The van der Waals surface area contributed by atoms with Crippen LogP contribution in [0.3, 0.4) is 0 Å². The summed E-state index contributed by atoms with van der Waals surface area (Å²) in [6.45, 7) is 6.69. The molecule has 1 aliphatic rings. The number of hydrogen-bond acceptors (Lipinski definition) is 5. The summed E-state index contributed by atoms with van der Waals surface area (Å²) in [5.74, 6) is -0.127. The van der Waals surface area contributed by atoms with Crippen molar-refractivity contribution in [2.75, 3.05) is 32.8 Å². The second-order valence-corrected chi connectivity index (χ2v) is 7.95. The van der Waals surface area contributed by atoms with Crippen LogP contribution >= 0.6 is 0 Å². The molecule has 0 spiro atoms. The highest BCUT2D eigenvalue weighted by atomic mass is 16.5. The lowest BCUT2D eigenvalue weighted by atomic mass is 10.1.